The lowest BCUT2D eigenvalue weighted by atomic mass is 9.35. The first-order chi connectivity index (χ1) is 10.3. The van der Waals surface area contributed by atoms with Crippen molar-refractivity contribution in [1.82, 2.24) is 4.98 Å². The molecular formula is C15H12F3NO3. The Bertz CT molecular complexity index is 773. The normalized spacial score (nSPS) is 29.8. The van der Waals surface area contributed by atoms with E-state index in [1.807, 2.05) is 0 Å². The van der Waals surface area contributed by atoms with Crippen molar-refractivity contribution in [3.05, 3.63) is 29.7 Å². The Labute approximate surface area is 123 Å². The minimum atomic E-state index is -4.40. The van der Waals surface area contributed by atoms with Gasteiger partial charge in [-0.15, -0.1) is 0 Å². The maximum absolute atomic E-state index is 12.7. The van der Waals surface area contributed by atoms with Crippen molar-refractivity contribution >= 4 is 17.1 Å². The molecule has 0 saturated heterocycles. The van der Waals surface area contributed by atoms with Gasteiger partial charge in [-0.2, -0.15) is 13.2 Å². The van der Waals surface area contributed by atoms with E-state index >= 15 is 0 Å². The molecule has 1 aromatic carbocycles. The van der Waals surface area contributed by atoms with Gasteiger partial charge in [0.05, 0.1) is 23.5 Å². The summed E-state index contributed by atoms with van der Waals surface area (Å²) in [7, 11) is 1.35. The third-order valence-electron chi connectivity index (χ3n) is 4.82. The van der Waals surface area contributed by atoms with Crippen molar-refractivity contribution in [3.8, 4) is 0 Å². The first kappa shape index (κ1) is 13.6. The van der Waals surface area contributed by atoms with Gasteiger partial charge in [0.2, 0.25) is 5.89 Å². The van der Waals surface area contributed by atoms with E-state index in [0.717, 1.165) is 12.1 Å². The number of carbonyl (C=O) groups excluding carboxylic acids is 1. The lowest BCUT2D eigenvalue weighted by molar-refractivity contribution is -0.202. The molecule has 1 aromatic heterocycles. The smallest absolute Gasteiger partial charge is 0.416 e. The standard InChI is InChI=1S/C15H12F3NO3/c1-21-12(20)14-5-13(6-14,7-14)11-19-9-4-8(15(16,17)18)2-3-10(9)22-11/h2-4H,5-7H2,1H3. The molecule has 3 aliphatic carbocycles. The summed E-state index contributed by atoms with van der Waals surface area (Å²) in [5.74, 6) is 0.192. The number of nitrogens with zero attached hydrogens (tertiary/aromatic N) is 1. The van der Waals surface area contributed by atoms with Crippen LogP contribution in [0, 0.1) is 5.41 Å². The van der Waals surface area contributed by atoms with Crippen LogP contribution in [0.25, 0.3) is 11.1 Å². The SMILES string of the molecule is COC(=O)C12CC(c3nc4cc(C(F)(F)F)ccc4o3)(C1)C2. The van der Waals surface area contributed by atoms with Crippen molar-refractivity contribution in [2.24, 2.45) is 5.41 Å². The number of hydrogen-bond acceptors (Lipinski definition) is 4. The number of methoxy groups -OCH3 is 1. The van der Waals surface area contributed by atoms with Gasteiger partial charge in [-0.05, 0) is 37.5 Å². The van der Waals surface area contributed by atoms with Gasteiger partial charge in [-0.3, -0.25) is 4.79 Å². The molecular weight excluding hydrogens is 299 g/mol. The summed E-state index contributed by atoms with van der Waals surface area (Å²) in [4.78, 5) is 15.9. The maximum atomic E-state index is 12.7. The molecule has 116 valence electrons. The zero-order chi connectivity index (χ0) is 15.8. The summed E-state index contributed by atoms with van der Waals surface area (Å²) in [6, 6.07) is 3.26. The fraction of sp³-hybridized carbons (Fsp3) is 0.467. The van der Waals surface area contributed by atoms with Gasteiger partial charge < -0.3 is 9.15 Å². The number of esters is 1. The van der Waals surface area contributed by atoms with E-state index in [1.165, 1.54) is 13.2 Å². The van der Waals surface area contributed by atoms with Crippen LogP contribution < -0.4 is 0 Å². The number of oxazole rings is 1. The predicted octanol–water partition coefficient (Wildman–Crippen LogP) is 3.44. The monoisotopic (exact) mass is 311 g/mol. The second-order valence-corrected chi connectivity index (χ2v) is 6.28. The Morgan fingerprint density at radius 2 is 2.00 bits per heavy atom. The fourth-order valence-corrected chi connectivity index (χ4v) is 3.78. The van der Waals surface area contributed by atoms with Gasteiger partial charge in [0.25, 0.3) is 0 Å². The van der Waals surface area contributed by atoms with Crippen LogP contribution in [0.4, 0.5) is 13.2 Å². The second-order valence-electron chi connectivity index (χ2n) is 6.28. The number of carbonyl (C=O) groups is 1. The van der Waals surface area contributed by atoms with E-state index in [1.54, 1.807) is 0 Å². The number of hydrogen-bond donors (Lipinski definition) is 0. The Morgan fingerprint density at radius 3 is 2.59 bits per heavy atom. The Hall–Kier alpha value is -2.05. The van der Waals surface area contributed by atoms with Gasteiger partial charge in [0.1, 0.15) is 5.52 Å². The lowest BCUT2D eigenvalue weighted by Gasteiger charge is -2.66. The molecule has 0 amide bonds. The molecule has 4 nitrogen and oxygen atoms in total. The average Bonchev–Trinajstić information content (AvgIpc) is 2.76. The van der Waals surface area contributed by atoms with Crippen LogP contribution in [0.5, 0.6) is 0 Å². The van der Waals surface area contributed by atoms with Gasteiger partial charge >= 0.3 is 12.1 Å². The fourth-order valence-electron chi connectivity index (χ4n) is 3.78. The summed E-state index contributed by atoms with van der Waals surface area (Å²) in [6.07, 6.45) is -2.64. The van der Waals surface area contributed by atoms with E-state index in [9.17, 15) is 18.0 Å². The molecule has 2 bridgehead atoms. The van der Waals surface area contributed by atoms with Crippen molar-refractivity contribution in [2.75, 3.05) is 7.11 Å². The molecule has 3 aliphatic rings. The van der Waals surface area contributed by atoms with Crippen LogP contribution in [0.2, 0.25) is 0 Å². The number of aromatic nitrogens is 1. The molecule has 0 N–H and O–H groups in total. The van der Waals surface area contributed by atoms with Crippen LogP contribution in [-0.2, 0) is 21.1 Å². The molecule has 0 spiro atoms. The Kier molecular flexibility index (Phi) is 2.37. The third-order valence-corrected chi connectivity index (χ3v) is 4.82. The van der Waals surface area contributed by atoms with Crippen molar-refractivity contribution in [3.63, 3.8) is 0 Å². The average molecular weight is 311 g/mol. The number of fused-ring (bicyclic) bond motifs is 1. The maximum Gasteiger partial charge on any atom is 0.416 e. The van der Waals surface area contributed by atoms with Crippen molar-refractivity contribution in [2.45, 2.75) is 30.9 Å². The van der Waals surface area contributed by atoms with E-state index < -0.39 is 17.2 Å². The van der Waals surface area contributed by atoms with Crippen LogP contribution in [0.3, 0.4) is 0 Å². The van der Waals surface area contributed by atoms with E-state index in [2.05, 4.69) is 4.98 Å². The highest BCUT2D eigenvalue weighted by atomic mass is 19.4. The summed E-state index contributed by atoms with van der Waals surface area (Å²) < 4.78 is 48.5. The van der Waals surface area contributed by atoms with E-state index in [-0.39, 0.29) is 16.9 Å². The molecule has 0 atom stereocenters. The molecule has 2 aromatic rings. The quantitative estimate of drug-likeness (QED) is 0.797. The Balaban J connectivity index is 1.65. The predicted molar refractivity (Wildman–Crippen MR) is 69.0 cm³/mol. The van der Waals surface area contributed by atoms with Crippen molar-refractivity contribution < 1.29 is 27.1 Å². The highest BCUT2D eigenvalue weighted by Crippen LogP contribution is 2.73. The number of benzene rings is 1. The zero-order valence-corrected chi connectivity index (χ0v) is 11.7. The van der Waals surface area contributed by atoms with Gasteiger partial charge in [0, 0.05) is 0 Å². The van der Waals surface area contributed by atoms with Gasteiger partial charge in [-0.1, -0.05) is 0 Å². The third kappa shape index (κ3) is 1.59. The largest absolute Gasteiger partial charge is 0.469 e. The molecule has 3 saturated carbocycles. The van der Waals surface area contributed by atoms with E-state index in [0.29, 0.717) is 30.7 Å². The molecule has 0 aliphatic heterocycles. The molecule has 0 unspecified atom stereocenters. The molecule has 3 fully saturated rings. The van der Waals surface area contributed by atoms with Crippen LogP contribution in [-0.4, -0.2) is 18.1 Å². The number of rotatable bonds is 2. The highest BCUT2D eigenvalue weighted by molar-refractivity contribution is 5.82. The highest BCUT2D eigenvalue weighted by Gasteiger charge is 2.75. The topological polar surface area (TPSA) is 52.3 Å². The van der Waals surface area contributed by atoms with E-state index in [4.69, 9.17) is 9.15 Å². The van der Waals surface area contributed by atoms with Gasteiger partial charge in [0.15, 0.2) is 5.58 Å². The lowest BCUT2D eigenvalue weighted by Crippen LogP contribution is -2.68. The Morgan fingerprint density at radius 1 is 1.32 bits per heavy atom. The number of ether oxygens (including phenoxy) is 1. The molecule has 1 heterocycles. The zero-order valence-electron chi connectivity index (χ0n) is 11.7. The first-order valence-corrected chi connectivity index (χ1v) is 6.85. The molecule has 7 heteroatoms. The van der Waals surface area contributed by atoms with Gasteiger partial charge in [-0.25, -0.2) is 4.98 Å². The number of halogens is 3. The minimum Gasteiger partial charge on any atom is -0.469 e. The molecule has 5 rings (SSSR count). The summed E-state index contributed by atoms with van der Waals surface area (Å²) in [6.45, 7) is 0. The van der Waals surface area contributed by atoms with Crippen LogP contribution in [0.15, 0.2) is 22.6 Å². The van der Waals surface area contributed by atoms with Crippen LogP contribution in [0.1, 0.15) is 30.7 Å². The summed E-state index contributed by atoms with van der Waals surface area (Å²) in [5, 5.41) is 0. The summed E-state index contributed by atoms with van der Waals surface area (Å²) in [5.41, 5.74) is -0.969. The van der Waals surface area contributed by atoms with Crippen molar-refractivity contribution in [1.29, 1.82) is 0 Å². The summed E-state index contributed by atoms with van der Waals surface area (Å²) >= 11 is 0. The number of alkyl halides is 3. The second kappa shape index (κ2) is 3.83. The first-order valence-electron chi connectivity index (χ1n) is 6.85. The molecule has 22 heavy (non-hydrogen) atoms. The molecule has 0 radical (unpaired) electrons. The minimum absolute atomic E-state index is 0.196. The van der Waals surface area contributed by atoms with Crippen LogP contribution >= 0.6 is 0 Å².